The molecule has 0 aromatic heterocycles. The summed E-state index contributed by atoms with van der Waals surface area (Å²) in [5.41, 5.74) is -4.91. The molecule has 0 saturated carbocycles. The van der Waals surface area contributed by atoms with Crippen molar-refractivity contribution in [2.45, 2.75) is 66.2 Å². The van der Waals surface area contributed by atoms with Gasteiger partial charge in [0.2, 0.25) is 5.41 Å². The first-order chi connectivity index (χ1) is 34.1. The summed E-state index contributed by atoms with van der Waals surface area (Å²) in [5, 5.41) is 0. The fourth-order valence-corrected chi connectivity index (χ4v) is 11.0. The highest BCUT2D eigenvalue weighted by molar-refractivity contribution is 6.38. The van der Waals surface area contributed by atoms with Crippen LogP contribution in [0.5, 0.6) is 0 Å². The molecular formula is C55H38F6N4O8. The molecule has 0 atom stereocenters. The standard InChI is InChI=1S/C55H38F6N4O8/c1-23-17-24(2)42(28(6)27(23)5)63-47(68)35-13-9-30(19-38(35)50(63)71)31-10-14-36-39(20-31)51(72)64(48(36)69)43-25(3)18-26(4)44(29(43)7)65-49(70)37-16-12-33(22-41(37)52(65)73)53(54(56,57)58,55(59,60)61)32-11-15-34-40(21-32)46(67)62(8)45(34)66/h9-22H,1-8H3. The third kappa shape index (κ3) is 6.40. The van der Waals surface area contributed by atoms with E-state index in [9.17, 15) is 38.4 Å². The van der Waals surface area contributed by atoms with Gasteiger partial charge in [0, 0.05) is 7.05 Å². The molecule has 0 radical (unpaired) electrons. The Bertz CT molecular complexity index is 3670. The third-order valence-corrected chi connectivity index (χ3v) is 14.7. The van der Waals surface area contributed by atoms with Crippen molar-refractivity contribution >= 4 is 64.3 Å². The van der Waals surface area contributed by atoms with Crippen molar-refractivity contribution in [3.8, 4) is 11.1 Å². The average Bonchev–Trinajstić information content (AvgIpc) is 3.90. The van der Waals surface area contributed by atoms with E-state index >= 15 is 26.3 Å². The van der Waals surface area contributed by atoms with Crippen molar-refractivity contribution in [3.63, 3.8) is 0 Å². The maximum Gasteiger partial charge on any atom is 0.411 e. The molecule has 6 aromatic carbocycles. The van der Waals surface area contributed by atoms with E-state index in [-0.39, 0.29) is 44.8 Å². The van der Waals surface area contributed by atoms with Crippen molar-refractivity contribution in [2.75, 3.05) is 21.7 Å². The largest absolute Gasteiger partial charge is 0.411 e. The van der Waals surface area contributed by atoms with Crippen molar-refractivity contribution in [1.82, 2.24) is 4.90 Å². The van der Waals surface area contributed by atoms with Gasteiger partial charge in [-0.1, -0.05) is 36.4 Å². The lowest BCUT2D eigenvalue weighted by molar-refractivity contribution is -0.288. The van der Waals surface area contributed by atoms with Gasteiger partial charge in [0.25, 0.3) is 47.3 Å². The molecule has 0 saturated heterocycles. The molecule has 0 spiro atoms. The number of benzene rings is 6. The maximum absolute atomic E-state index is 15.4. The molecule has 6 aromatic rings. The number of hydrogen-bond donors (Lipinski definition) is 0. The smallest absolute Gasteiger partial charge is 0.277 e. The molecule has 0 bridgehead atoms. The highest BCUT2D eigenvalue weighted by atomic mass is 19.4. The number of carbonyl (C=O) groups excluding carboxylic acids is 8. The number of amides is 8. The molecule has 12 nitrogen and oxygen atoms in total. The Morgan fingerprint density at radius 1 is 0.329 bits per heavy atom. The predicted molar refractivity (Wildman–Crippen MR) is 254 cm³/mol. The summed E-state index contributed by atoms with van der Waals surface area (Å²) in [6.07, 6.45) is -12.4. The van der Waals surface area contributed by atoms with Gasteiger partial charge in [0.15, 0.2) is 0 Å². The predicted octanol–water partition coefficient (Wildman–Crippen LogP) is 10.6. The van der Waals surface area contributed by atoms with Crippen molar-refractivity contribution in [1.29, 1.82) is 0 Å². The zero-order chi connectivity index (χ0) is 53.0. The Hall–Kier alpha value is -8.54. The number of anilines is 3. The number of alkyl halides is 6. The van der Waals surface area contributed by atoms with Gasteiger partial charge in [-0.3, -0.25) is 43.3 Å². The van der Waals surface area contributed by atoms with Gasteiger partial charge >= 0.3 is 12.4 Å². The third-order valence-electron chi connectivity index (χ3n) is 14.7. The van der Waals surface area contributed by atoms with E-state index in [0.717, 1.165) is 39.1 Å². The first-order valence-corrected chi connectivity index (χ1v) is 22.5. The minimum atomic E-state index is -6.18. The molecule has 4 aliphatic heterocycles. The summed E-state index contributed by atoms with van der Waals surface area (Å²) < 4.78 is 92.2. The molecule has 0 aliphatic carbocycles. The van der Waals surface area contributed by atoms with Gasteiger partial charge < -0.3 is 0 Å². The van der Waals surface area contributed by atoms with Crippen LogP contribution >= 0.6 is 0 Å². The number of nitrogens with zero attached hydrogens (tertiary/aromatic N) is 4. The molecule has 0 unspecified atom stereocenters. The van der Waals surface area contributed by atoms with Crippen LogP contribution in [0, 0.1) is 48.5 Å². The second-order valence-corrected chi connectivity index (χ2v) is 18.7. The molecule has 0 N–H and O–H groups in total. The first-order valence-electron chi connectivity index (χ1n) is 22.5. The fourth-order valence-electron chi connectivity index (χ4n) is 11.0. The van der Waals surface area contributed by atoms with Crippen molar-refractivity contribution in [2.24, 2.45) is 0 Å². The summed E-state index contributed by atoms with van der Waals surface area (Å²) in [6, 6.07) is 15.4. The molecule has 368 valence electrons. The van der Waals surface area contributed by atoms with Crippen LogP contribution in [-0.4, -0.2) is 71.6 Å². The highest BCUT2D eigenvalue weighted by Gasteiger charge is 2.73. The lowest BCUT2D eigenvalue weighted by Gasteiger charge is -2.38. The van der Waals surface area contributed by atoms with Crippen LogP contribution in [-0.2, 0) is 5.41 Å². The number of hydrogen-bond acceptors (Lipinski definition) is 8. The normalized spacial score (nSPS) is 15.6. The van der Waals surface area contributed by atoms with Crippen LogP contribution in [0.15, 0.2) is 84.9 Å². The van der Waals surface area contributed by atoms with Crippen LogP contribution in [0.1, 0.15) is 133 Å². The highest BCUT2D eigenvalue weighted by Crippen LogP contribution is 2.57. The van der Waals surface area contributed by atoms with Gasteiger partial charge in [0.1, 0.15) is 0 Å². The zero-order valence-corrected chi connectivity index (χ0v) is 39.9. The van der Waals surface area contributed by atoms with E-state index < -0.39 is 98.4 Å². The second-order valence-electron chi connectivity index (χ2n) is 18.7. The number of carbonyl (C=O) groups is 8. The van der Waals surface area contributed by atoms with E-state index in [2.05, 4.69) is 0 Å². The van der Waals surface area contributed by atoms with Gasteiger partial charge in [-0.05, 0) is 158 Å². The molecular weight excluding hydrogens is 959 g/mol. The van der Waals surface area contributed by atoms with Crippen LogP contribution in [0.25, 0.3) is 11.1 Å². The minimum absolute atomic E-state index is 0.0183. The van der Waals surface area contributed by atoms with E-state index in [1.54, 1.807) is 19.1 Å². The lowest BCUT2D eigenvalue weighted by atomic mass is 9.71. The molecule has 4 aliphatic rings. The SMILES string of the molecule is Cc1cc(C)c(N2C(=O)c3ccc(-c4ccc5c(c4)C(=O)N(c4c(C)cc(C)c(N6C(=O)c7ccc(C(c8ccc9c(c8)C(=O)N(C)C9=O)(C(F)(F)F)C(F)(F)F)cc7C6=O)c4C)C5=O)cc3C2=O)c(C)c1C. The van der Waals surface area contributed by atoms with Gasteiger partial charge in [0.05, 0.1) is 61.6 Å². The van der Waals surface area contributed by atoms with Crippen LogP contribution in [0.4, 0.5) is 43.4 Å². The number of aryl methyl sites for hydroxylation is 4. The Balaban J connectivity index is 0.999. The summed E-state index contributed by atoms with van der Waals surface area (Å²) in [7, 11) is 1.02. The number of imide groups is 4. The average molecular weight is 997 g/mol. The van der Waals surface area contributed by atoms with E-state index in [1.807, 2.05) is 33.8 Å². The topological polar surface area (TPSA) is 150 Å². The van der Waals surface area contributed by atoms with Crippen LogP contribution < -0.4 is 14.7 Å². The quantitative estimate of drug-likeness (QED) is 0.118. The fraction of sp³-hybridized carbons (Fsp3) is 0.200. The van der Waals surface area contributed by atoms with Crippen molar-refractivity contribution in [3.05, 3.63) is 180 Å². The molecule has 10 rings (SSSR count). The number of fused-ring (bicyclic) bond motifs is 4. The molecule has 18 heteroatoms. The van der Waals surface area contributed by atoms with Crippen molar-refractivity contribution < 1.29 is 64.7 Å². The minimum Gasteiger partial charge on any atom is -0.277 e. The van der Waals surface area contributed by atoms with E-state index in [1.165, 1.54) is 44.2 Å². The second kappa shape index (κ2) is 15.7. The summed E-state index contributed by atoms with van der Waals surface area (Å²) >= 11 is 0. The molecule has 0 fully saturated rings. The van der Waals surface area contributed by atoms with E-state index in [0.29, 0.717) is 68.6 Å². The van der Waals surface area contributed by atoms with E-state index in [4.69, 9.17) is 0 Å². The van der Waals surface area contributed by atoms with Crippen LogP contribution in [0.2, 0.25) is 0 Å². The summed E-state index contributed by atoms with van der Waals surface area (Å²) in [4.78, 5) is 114. The van der Waals surface area contributed by atoms with Crippen LogP contribution in [0.3, 0.4) is 0 Å². The molecule has 73 heavy (non-hydrogen) atoms. The number of halogens is 6. The Kier molecular flexibility index (Phi) is 10.4. The Morgan fingerprint density at radius 3 is 1.03 bits per heavy atom. The van der Waals surface area contributed by atoms with Gasteiger partial charge in [-0.25, -0.2) is 14.7 Å². The molecule has 8 amide bonds. The lowest BCUT2D eigenvalue weighted by Crippen LogP contribution is -2.55. The number of rotatable bonds is 6. The molecule has 4 heterocycles. The zero-order valence-electron chi connectivity index (χ0n) is 39.9. The van der Waals surface area contributed by atoms with Gasteiger partial charge in [-0.2, -0.15) is 26.3 Å². The Labute approximate surface area is 411 Å². The van der Waals surface area contributed by atoms with Gasteiger partial charge in [-0.15, -0.1) is 0 Å². The summed E-state index contributed by atoms with van der Waals surface area (Å²) in [5.74, 6) is -7.11. The Morgan fingerprint density at radius 2 is 0.630 bits per heavy atom. The monoisotopic (exact) mass is 996 g/mol. The first kappa shape index (κ1) is 48.1. The maximum atomic E-state index is 15.4. The summed E-state index contributed by atoms with van der Waals surface area (Å²) in [6.45, 7) is 12.0.